The molecule has 0 saturated heterocycles. The Hall–Kier alpha value is -0.610. The third-order valence-electron chi connectivity index (χ3n) is 1.96. The van der Waals surface area contributed by atoms with Gasteiger partial charge in [-0.1, -0.05) is 23.7 Å². The Balaban J connectivity index is 2.60. The first-order valence-electron chi connectivity index (χ1n) is 4.36. The predicted octanol–water partition coefficient (Wildman–Crippen LogP) is 1.12. The number of hydrogen-bond acceptors (Lipinski definition) is 3. The second-order valence-electron chi connectivity index (χ2n) is 3.14. The van der Waals surface area contributed by atoms with Gasteiger partial charge in [-0.15, -0.1) is 0 Å². The molecule has 0 aliphatic carbocycles. The summed E-state index contributed by atoms with van der Waals surface area (Å²) in [7, 11) is 0. The molecular formula is C10H13ClO3. The van der Waals surface area contributed by atoms with Crippen molar-refractivity contribution in [2.24, 2.45) is 0 Å². The maximum atomic E-state index is 9.60. The topological polar surface area (TPSA) is 60.7 Å². The average molecular weight is 217 g/mol. The Labute approximate surface area is 87.6 Å². The molecule has 0 fully saturated rings. The first kappa shape index (κ1) is 11.5. The maximum Gasteiger partial charge on any atom is 0.0815 e. The highest BCUT2D eigenvalue weighted by molar-refractivity contribution is 6.30. The van der Waals surface area contributed by atoms with E-state index in [1.807, 2.05) is 0 Å². The van der Waals surface area contributed by atoms with E-state index < -0.39 is 12.2 Å². The van der Waals surface area contributed by atoms with Gasteiger partial charge < -0.3 is 15.3 Å². The molecule has 0 aliphatic rings. The summed E-state index contributed by atoms with van der Waals surface area (Å²) < 4.78 is 0. The summed E-state index contributed by atoms with van der Waals surface area (Å²) in [5.41, 5.74) is 0.682. The minimum atomic E-state index is -0.888. The normalized spacial score (nSPS) is 15.1. The van der Waals surface area contributed by atoms with Crippen molar-refractivity contribution in [3.8, 4) is 0 Å². The Kier molecular flexibility index (Phi) is 4.35. The first-order chi connectivity index (χ1) is 6.63. The zero-order valence-electron chi connectivity index (χ0n) is 7.60. The van der Waals surface area contributed by atoms with Crippen LogP contribution in [0, 0.1) is 0 Å². The van der Waals surface area contributed by atoms with Gasteiger partial charge in [-0.2, -0.15) is 0 Å². The number of halogens is 1. The lowest BCUT2D eigenvalue weighted by Crippen LogP contribution is -2.16. The molecule has 0 radical (unpaired) electrons. The van der Waals surface area contributed by atoms with Crippen LogP contribution in [-0.2, 0) is 0 Å². The summed E-state index contributed by atoms with van der Waals surface area (Å²) >= 11 is 5.68. The zero-order chi connectivity index (χ0) is 10.6. The van der Waals surface area contributed by atoms with Gasteiger partial charge >= 0.3 is 0 Å². The lowest BCUT2D eigenvalue weighted by Gasteiger charge is -2.13. The van der Waals surface area contributed by atoms with Crippen LogP contribution in [0.15, 0.2) is 24.3 Å². The molecular weight excluding hydrogens is 204 g/mol. The second-order valence-corrected chi connectivity index (χ2v) is 3.58. The molecule has 2 unspecified atom stereocenters. The van der Waals surface area contributed by atoms with Crippen LogP contribution in [0.2, 0.25) is 5.02 Å². The SMILES string of the molecule is OCC(O)CC(O)c1ccc(Cl)cc1. The summed E-state index contributed by atoms with van der Waals surface area (Å²) in [5, 5.41) is 27.9. The van der Waals surface area contributed by atoms with E-state index in [4.69, 9.17) is 21.8 Å². The van der Waals surface area contributed by atoms with Crippen LogP contribution in [0.5, 0.6) is 0 Å². The van der Waals surface area contributed by atoms with Gasteiger partial charge in [0.15, 0.2) is 0 Å². The van der Waals surface area contributed by atoms with Gasteiger partial charge in [0, 0.05) is 11.4 Å². The van der Waals surface area contributed by atoms with Gasteiger partial charge in [0.25, 0.3) is 0 Å². The van der Waals surface area contributed by atoms with Gasteiger partial charge in [0.05, 0.1) is 18.8 Å². The van der Waals surface area contributed by atoms with Gasteiger partial charge in [-0.3, -0.25) is 0 Å². The Bertz CT molecular complexity index is 273. The molecule has 1 rings (SSSR count). The molecule has 14 heavy (non-hydrogen) atoms. The minimum Gasteiger partial charge on any atom is -0.394 e. The van der Waals surface area contributed by atoms with Crippen LogP contribution in [0.25, 0.3) is 0 Å². The lowest BCUT2D eigenvalue weighted by atomic mass is 10.0. The molecule has 0 aliphatic heterocycles. The van der Waals surface area contributed by atoms with Crippen molar-refractivity contribution in [2.45, 2.75) is 18.6 Å². The van der Waals surface area contributed by atoms with Crippen LogP contribution in [0.3, 0.4) is 0 Å². The van der Waals surface area contributed by atoms with Crippen molar-refractivity contribution in [3.05, 3.63) is 34.9 Å². The summed E-state index contributed by atoms with van der Waals surface area (Å²) in [6, 6.07) is 6.73. The van der Waals surface area contributed by atoms with E-state index in [-0.39, 0.29) is 13.0 Å². The summed E-state index contributed by atoms with van der Waals surface area (Å²) in [6.07, 6.45) is -1.53. The molecule has 2 atom stereocenters. The molecule has 3 nitrogen and oxygen atoms in total. The highest BCUT2D eigenvalue weighted by Crippen LogP contribution is 2.20. The molecule has 0 bridgehead atoms. The van der Waals surface area contributed by atoms with Crippen LogP contribution in [-0.4, -0.2) is 28.0 Å². The molecule has 3 N–H and O–H groups in total. The average Bonchev–Trinajstić information content (AvgIpc) is 2.18. The number of rotatable bonds is 4. The maximum absolute atomic E-state index is 9.60. The number of hydrogen-bond donors (Lipinski definition) is 3. The summed E-state index contributed by atoms with van der Waals surface area (Å²) in [5.74, 6) is 0. The fraction of sp³-hybridized carbons (Fsp3) is 0.400. The van der Waals surface area contributed by atoms with E-state index in [2.05, 4.69) is 0 Å². The van der Waals surface area contributed by atoms with Crippen LogP contribution >= 0.6 is 11.6 Å². The van der Waals surface area contributed by atoms with E-state index >= 15 is 0 Å². The molecule has 0 amide bonds. The third kappa shape index (κ3) is 3.27. The molecule has 78 valence electrons. The molecule has 0 aromatic heterocycles. The van der Waals surface area contributed by atoms with Crippen molar-refractivity contribution >= 4 is 11.6 Å². The number of benzene rings is 1. The summed E-state index contributed by atoms with van der Waals surface area (Å²) in [6.45, 7) is -0.343. The van der Waals surface area contributed by atoms with Gasteiger partial charge in [-0.25, -0.2) is 0 Å². The number of aliphatic hydroxyl groups is 3. The van der Waals surface area contributed by atoms with Crippen molar-refractivity contribution in [3.63, 3.8) is 0 Å². The smallest absolute Gasteiger partial charge is 0.0815 e. The van der Waals surface area contributed by atoms with E-state index in [1.54, 1.807) is 24.3 Å². The Morgan fingerprint density at radius 1 is 1.14 bits per heavy atom. The second kappa shape index (κ2) is 5.32. The Morgan fingerprint density at radius 3 is 2.21 bits per heavy atom. The lowest BCUT2D eigenvalue weighted by molar-refractivity contribution is 0.0413. The molecule has 0 heterocycles. The van der Waals surface area contributed by atoms with Crippen molar-refractivity contribution < 1.29 is 15.3 Å². The van der Waals surface area contributed by atoms with Crippen LogP contribution in [0.1, 0.15) is 18.1 Å². The monoisotopic (exact) mass is 216 g/mol. The van der Waals surface area contributed by atoms with Crippen molar-refractivity contribution in [2.75, 3.05) is 6.61 Å². The van der Waals surface area contributed by atoms with Gasteiger partial charge in [0.1, 0.15) is 0 Å². The van der Waals surface area contributed by atoms with Crippen LogP contribution < -0.4 is 0 Å². The van der Waals surface area contributed by atoms with E-state index in [9.17, 15) is 5.11 Å². The standard InChI is InChI=1S/C10H13ClO3/c11-8-3-1-7(2-4-8)10(14)5-9(13)6-12/h1-4,9-10,12-14H,5-6H2. The minimum absolute atomic E-state index is 0.123. The largest absolute Gasteiger partial charge is 0.394 e. The van der Waals surface area contributed by atoms with Gasteiger partial charge in [0.2, 0.25) is 0 Å². The van der Waals surface area contributed by atoms with Crippen molar-refractivity contribution in [1.29, 1.82) is 0 Å². The zero-order valence-corrected chi connectivity index (χ0v) is 8.35. The molecule has 0 spiro atoms. The summed E-state index contributed by atoms with van der Waals surface area (Å²) in [4.78, 5) is 0. The molecule has 1 aromatic rings. The van der Waals surface area contributed by atoms with E-state index in [0.717, 1.165) is 0 Å². The fourth-order valence-electron chi connectivity index (χ4n) is 1.15. The Morgan fingerprint density at radius 2 is 1.71 bits per heavy atom. The highest BCUT2D eigenvalue weighted by atomic mass is 35.5. The molecule has 0 saturated carbocycles. The number of aliphatic hydroxyl groups excluding tert-OH is 3. The quantitative estimate of drug-likeness (QED) is 0.707. The molecule has 1 aromatic carbocycles. The predicted molar refractivity (Wildman–Crippen MR) is 54.1 cm³/mol. The fourth-order valence-corrected chi connectivity index (χ4v) is 1.28. The van der Waals surface area contributed by atoms with E-state index in [0.29, 0.717) is 10.6 Å². The molecule has 4 heteroatoms. The van der Waals surface area contributed by atoms with E-state index in [1.165, 1.54) is 0 Å². The van der Waals surface area contributed by atoms with Crippen LogP contribution in [0.4, 0.5) is 0 Å². The highest BCUT2D eigenvalue weighted by Gasteiger charge is 2.12. The van der Waals surface area contributed by atoms with Gasteiger partial charge in [-0.05, 0) is 17.7 Å². The first-order valence-corrected chi connectivity index (χ1v) is 4.73. The third-order valence-corrected chi connectivity index (χ3v) is 2.21. The van der Waals surface area contributed by atoms with Crippen molar-refractivity contribution in [1.82, 2.24) is 0 Å².